The summed E-state index contributed by atoms with van der Waals surface area (Å²) in [6.07, 6.45) is 7.63. The van der Waals surface area contributed by atoms with Crippen molar-refractivity contribution in [3.8, 4) is 0 Å². The molecule has 4 nitrogen and oxygen atoms in total. The SMILES string of the molecule is CN(CCN=C(N)NC1CCCCCC1)Cc1ccc(F)cc1.I. The Hall–Kier alpha value is -0.890. The number of nitrogens with two attached hydrogens (primary N) is 1. The summed E-state index contributed by atoms with van der Waals surface area (Å²) in [5.41, 5.74) is 7.09. The lowest BCUT2D eigenvalue weighted by Crippen LogP contribution is -2.40. The molecule has 0 radical (unpaired) electrons. The predicted molar refractivity (Wildman–Crippen MR) is 109 cm³/mol. The van der Waals surface area contributed by atoms with Crippen LogP contribution in [0.4, 0.5) is 4.39 Å². The summed E-state index contributed by atoms with van der Waals surface area (Å²) < 4.78 is 12.9. The summed E-state index contributed by atoms with van der Waals surface area (Å²) in [6.45, 7) is 2.28. The van der Waals surface area contributed by atoms with Crippen LogP contribution in [-0.2, 0) is 6.54 Å². The van der Waals surface area contributed by atoms with E-state index in [0.29, 0.717) is 18.5 Å². The lowest BCUT2D eigenvalue weighted by molar-refractivity contribution is 0.336. The van der Waals surface area contributed by atoms with Gasteiger partial charge in [0.15, 0.2) is 5.96 Å². The lowest BCUT2D eigenvalue weighted by Gasteiger charge is -2.18. The van der Waals surface area contributed by atoms with Crippen LogP contribution < -0.4 is 11.1 Å². The Morgan fingerprint density at radius 1 is 1.21 bits per heavy atom. The van der Waals surface area contributed by atoms with E-state index in [1.807, 2.05) is 19.2 Å². The van der Waals surface area contributed by atoms with Gasteiger partial charge in [0.05, 0.1) is 6.54 Å². The lowest BCUT2D eigenvalue weighted by atomic mass is 10.1. The maximum Gasteiger partial charge on any atom is 0.188 e. The molecule has 24 heavy (non-hydrogen) atoms. The second-order valence-electron chi connectivity index (χ2n) is 6.46. The third-order valence-corrected chi connectivity index (χ3v) is 4.34. The van der Waals surface area contributed by atoms with Crippen LogP contribution in [0.25, 0.3) is 0 Å². The van der Waals surface area contributed by atoms with Crippen molar-refractivity contribution in [1.82, 2.24) is 10.2 Å². The molecule has 0 spiro atoms. The van der Waals surface area contributed by atoms with E-state index in [0.717, 1.165) is 18.7 Å². The first-order valence-electron chi connectivity index (χ1n) is 8.63. The summed E-state index contributed by atoms with van der Waals surface area (Å²) >= 11 is 0. The van der Waals surface area contributed by atoms with Gasteiger partial charge in [-0.2, -0.15) is 0 Å². The molecule has 0 heterocycles. The van der Waals surface area contributed by atoms with Crippen LogP contribution in [0, 0.1) is 5.82 Å². The van der Waals surface area contributed by atoms with Crippen LogP contribution in [0.3, 0.4) is 0 Å². The van der Waals surface area contributed by atoms with E-state index in [9.17, 15) is 4.39 Å². The molecule has 0 amide bonds. The normalized spacial score (nSPS) is 16.5. The minimum atomic E-state index is -0.196. The number of nitrogens with zero attached hydrogens (tertiary/aromatic N) is 2. The van der Waals surface area contributed by atoms with Gasteiger partial charge in [-0.05, 0) is 37.6 Å². The highest BCUT2D eigenvalue weighted by molar-refractivity contribution is 14.0. The van der Waals surface area contributed by atoms with E-state index >= 15 is 0 Å². The maximum absolute atomic E-state index is 12.9. The molecule has 0 atom stereocenters. The van der Waals surface area contributed by atoms with Gasteiger partial charge in [-0.15, -0.1) is 24.0 Å². The minimum absolute atomic E-state index is 0. The van der Waals surface area contributed by atoms with Gasteiger partial charge in [-0.1, -0.05) is 37.8 Å². The van der Waals surface area contributed by atoms with Gasteiger partial charge in [-0.3, -0.25) is 4.99 Å². The maximum atomic E-state index is 12.9. The molecular formula is C18H30FIN4. The third-order valence-electron chi connectivity index (χ3n) is 4.34. The minimum Gasteiger partial charge on any atom is -0.370 e. The first-order valence-corrected chi connectivity index (χ1v) is 8.63. The summed E-state index contributed by atoms with van der Waals surface area (Å²) in [6, 6.07) is 7.11. The van der Waals surface area contributed by atoms with Crippen molar-refractivity contribution in [2.45, 2.75) is 51.1 Å². The zero-order valence-electron chi connectivity index (χ0n) is 14.5. The molecule has 0 aromatic heterocycles. The second kappa shape index (κ2) is 11.6. The molecule has 0 unspecified atom stereocenters. The van der Waals surface area contributed by atoms with Gasteiger partial charge >= 0.3 is 0 Å². The largest absolute Gasteiger partial charge is 0.370 e. The first-order chi connectivity index (χ1) is 11.1. The molecule has 3 N–H and O–H groups in total. The molecular weight excluding hydrogens is 418 g/mol. The zero-order valence-corrected chi connectivity index (χ0v) is 16.8. The number of benzene rings is 1. The van der Waals surface area contributed by atoms with Gasteiger partial charge in [0.25, 0.3) is 0 Å². The number of rotatable bonds is 6. The van der Waals surface area contributed by atoms with Gasteiger partial charge in [0.2, 0.25) is 0 Å². The molecule has 0 aliphatic heterocycles. The van der Waals surface area contributed by atoms with Crippen molar-refractivity contribution in [3.05, 3.63) is 35.6 Å². The molecule has 136 valence electrons. The number of guanidine groups is 1. The number of aliphatic imine (C=N–C) groups is 1. The van der Waals surface area contributed by atoms with E-state index in [1.165, 1.54) is 50.7 Å². The smallest absolute Gasteiger partial charge is 0.188 e. The van der Waals surface area contributed by atoms with E-state index in [2.05, 4.69) is 15.2 Å². The number of halogens is 2. The summed E-state index contributed by atoms with van der Waals surface area (Å²) in [4.78, 5) is 6.59. The Morgan fingerprint density at radius 2 is 1.83 bits per heavy atom. The molecule has 0 saturated heterocycles. The zero-order chi connectivity index (χ0) is 16.5. The fourth-order valence-corrected chi connectivity index (χ4v) is 3.00. The van der Waals surface area contributed by atoms with Crippen molar-refractivity contribution in [2.24, 2.45) is 10.7 Å². The van der Waals surface area contributed by atoms with Gasteiger partial charge in [0.1, 0.15) is 5.82 Å². The predicted octanol–water partition coefficient (Wildman–Crippen LogP) is 3.50. The average Bonchev–Trinajstić information content (AvgIpc) is 2.78. The average molecular weight is 448 g/mol. The molecule has 1 aromatic rings. The summed E-state index contributed by atoms with van der Waals surface area (Å²) in [5, 5.41) is 3.36. The van der Waals surface area contributed by atoms with E-state index < -0.39 is 0 Å². The quantitative estimate of drug-likeness (QED) is 0.303. The highest BCUT2D eigenvalue weighted by atomic mass is 127. The van der Waals surface area contributed by atoms with Crippen LogP contribution in [-0.4, -0.2) is 37.0 Å². The second-order valence-corrected chi connectivity index (χ2v) is 6.46. The van der Waals surface area contributed by atoms with Crippen molar-refractivity contribution < 1.29 is 4.39 Å². The van der Waals surface area contributed by atoms with Crippen LogP contribution in [0.2, 0.25) is 0 Å². The standard InChI is InChI=1S/C18H29FN4.HI/c1-23(14-15-8-10-16(19)11-9-15)13-12-21-18(20)22-17-6-4-2-3-5-7-17;/h8-11,17H,2-7,12-14H2,1H3,(H3,20,21,22);1H. The molecule has 1 aliphatic rings. The molecule has 6 heteroatoms. The molecule has 0 bridgehead atoms. The highest BCUT2D eigenvalue weighted by Gasteiger charge is 2.12. The van der Waals surface area contributed by atoms with Crippen LogP contribution in [0.15, 0.2) is 29.3 Å². The fourth-order valence-electron chi connectivity index (χ4n) is 3.00. The third kappa shape index (κ3) is 8.28. The summed E-state index contributed by atoms with van der Waals surface area (Å²) in [7, 11) is 2.04. The Balaban J connectivity index is 0.00000288. The van der Waals surface area contributed by atoms with Crippen molar-refractivity contribution in [2.75, 3.05) is 20.1 Å². The Kier molecular flexibility index (Phi) is 10.2. The monoisotopic (exact) mass is 448 g/mol. The van der Waals surface area contributed by atoms with Crippen LogP contribution >= 0.6 is 24.0 Å². The Bertz CT molecular complexity index is 484. The first kappa shape index (κ1) is 21.2. The van der Waals surface area contributed by atoms with Crippen molar-refractivity contribution in [1.29, 1.82) is 0 Å². The fraction of sp³-hybridized carbons (Fsp3) is 0.611. The van der Waals surface area contributed by atoms with Gasteiger partial charge in [-0.25, -0.2) is 4.39 Å². The molecule has 1 aliphatic carbocycles. The number of hydrogen-bond acceptors (Lipinski definition) is 2. The van der Waals surface area contributed by atoms with Crippen molar-refractivity contribution in [3.63, 3.8) is 0 Å². The van der Waals surface area contributed by atoms with Gasteiger partial charge in [0, 0.05) is 19.1 Å². The van der Waals surface area contributed by atoms with E-state index in [-0.39, 0.29) is 29.8 Å². The summed E-state index contributed by atoms with van der Waals surface area (Å²) in [5.74, 6) is 0.366. The van der Waals surface area contributed by atoms with Crippen molar-refractivity contribution >= 4 is 29.9 Å². The number of likely N-dealkylation sites (N-methyl/N-ethyl adjacent to an activating group) is 1. The van der Waals surface area contributed by atoms with Gasteiger partial charge < -0.3 is 16.0 Å². The highest BCUT2D eigenvalue weighted by Crippen LogP contribution is 2.16. The molecule has 1 saturated carbocycles. The Morgan fingerprint density at radius 3 is 2.46 bits per heavy atom. The number of hydrogen-bond donors (Lipinski definition) is 2. The molecule has 1 fully saturated rings. The van der Waals surface area contributed by atoms with E-state index in [1.54, 1.807) is 0 Å². The van der Waals surface area contributed by atoms with Crippen LogP contribution in [0.1, 0.15) is 44.1 Å². The topological polar surface area (TPSA) is 53.6 Å². The molecule has 2 rings (SSSR count). The number of nitrogens with one attached hydrogen (secondary N) is 1. The van der Waals surface area contributed by atoms with Crippen LogP contribution in [0.5, 0.6) is 0 Å². The van der Waals surface area contributed by atoms with E-state index in [4.69, 9.17) is 5.73 Å². The molecule has 1 aromatic carbocycles. The Labute approximate surface area is 162 Å².